The highest BCUT2D eigenvalue weighted by Gasteiger charge is 2.20. The maximum Gasteiger partial charge on any atom is 0.193 e. The molecule has 0 aliphatic heterocycles. The van der Waals surface area contributed by atoms with Crippen molar-refractivity contribution in [3.63, 3.8) is 0 Å². The monoisotopic (exact) mass is 386 g/mol. The summed E-state index contributed by atoms with van der Waals surface area (Å²) in [7, 11) is 5.69. The largest absolute Gasteiger partial charge is 0.493 e. The lowest BCUT2D eigenvalue weighted by Crippen LogP contribution is -2.49. The van der Waals surface area contributed by atoms with Crippen LogP contribution in [-0.4, -0.2) is 71.0 Å². The third-order valence-electron chi connectivity index (χ3n) is 4.93. The Kier molecular flexibility index (Phi) is 9.14. The van der Waals surface area contributed by atoms with E-state index < -0.39 is 0 Å². The summed E-state index contributed by atoms with van der Waals surface area (Å²) in [6.07, 6.45) is 0.939. The van der Waals surface area contributed by atoms with Gasteiger partial charge in [0.25, 0.3) is 0 Å². The van der Waals surface area contributed by atoms with Gasteiger partial charge in [0.15, 0.2) is 5.78 Å². The Balaban J connectivity index is 1.81. The Morgan fingerprint density at radius 2 is 1.36 bits per heavy atom. The smallest absolute Gasteiger partial charge is 0.193 e. The van der Waals surface area contributed by atoms with Crippen LogP contribution in [0.1, 0.15) is 22.3 Å². The third kappa shape index (κ3) is 7.08. The summed E-state index contributed by atoms with van der Waals surface area (Å²) in [6.45, 7) is 5.01. The van der Waals surface area contributed by atoms with Gasteiger partial charge >= 0.3 is 0 Å². The average Bonchev–Trinajstić information content (AvgIpc) is 2.74. The molecule has 0 unspecified atom stereocenters. The number of methoxy groups -OCH3 is 2. The van der Waals surface area contributed by atoms with Gasteiger partial charge in [-0.1, -0.05) is 30.3 Å². The number of ether oxygens (including phenoxy) is 3. The van der Waals surface area contributed by atoms with Gasteiger partial charge in [0.05, 0.1) is 33.4 Å². The molecule has 0 spiro atoms. The van der Waals surface area contributed by atoms with Crippen LogP contribution >= 0.6 is 0 Å². The van der Waals surface area contributed by atoms with Gasteiger partial charge in [0, 0.05) is 31.8 Å². The van der Waals surface area contributed by atoms with Gasteiger partial charge in [0.1, 0.15) is 18.8 Å². The summed E-state index contributed by atoms with van der Waals surface area (Å²) in [5.74, 6) is 0.809. The van der Waals surface area contributed by atoms with Crippen molar-refractivity contribution in [3.05, 3.63) is 65.7 Å². The number of ketones is 1. The van der Waals surface area contributed by atoms with Crippen LogP contribution in [0.15, 0.2) is 54.6 Å². The predicted molar refractivity (Wildman–Crippen MR) is 111 cm³/mol. The molecule has 5 nitrogen and oxygen atoms in total. The molecule has 152 valence electrons. The number of carbonyl (C=O) groups excluding carboxylic acids is 1. The van der Waals surface area contributed by atoms with Crippen molar-refractivity contribution in [3.8, 4) is 5.75 Å². The highest BCUT2D eigenvalue weighted by molar-refractivity contribution is 6.08. The zero-order valence-corrected chi connectivity index (χ0v) is 17.2. The molecule has 0 N–H and O–H groups in total. The van der Waals surface area contributed by atoms with Crippen LogP contribution in [0.5, 0.6) is 5.75 Å². The molecule has 2 aromatic carbocycles. The number of quaternary nitrogens is 1. The van der Waals surface area contributed by atoms with Crippen LogP contribution in [0.3, 0.4) is 0 Å². The molecule has 5 heteroatoms. The van der Waals surface area contributed by atoms with Crippen molar-refractivity contribution in [1.82, 2.24) is 0 Å². The Morgan fingerprint density at radius 1 is 0.786 bits per heavy atom. The fourth-order valence-corrected chi connectivity index (χ4v) is 3.05. The van der Waals surface area contributed by atoms with Crippen LogP contribution in [0.4, 0.5) is 0 Å². The Bertz CT molecular complexity index is 692. The lowest BCUT2D eigenvalue weighted by molar-refractivity contribution is -0.910. The summed E-state index contributed by atoms with van der Waals surface area (Å²) in [6, 6.07) is 16.7. The zero-order valence-electron chi connectivity index (χ0n) is 17.2. The maximum absolute atomic E-state index is 12.4. The van der Waals surface area contributed by atoms with E-state index in [9.17, 15) is 4.79 Å². The molecule has 0 aliphatic carbocycles. The molecule has 0 aromatic heterocycles. The summed E-state index contributed by atoms with van der Waals surface area (Å²) in [5.41, 5.74) is 1.36. The standard InChI is InChI=1S/C23H32NO4/c1-24(15-18-26-2,16-19-27-3)14-7-17-28-22-12-10-21(11-13-22)23(25)20-8-5-4-6-9-20/h4-6,8-13H,7,14-19H2,1-3H3/q+1. The Hall–Kier alpha value is -2.21. The first-order chi connectivity index (χ1) is 13.6. The fraction of sp³-hybridized carbons (Fsp3) is 0.435. The first-order valence-corrected chi connectivity index (χ1v) is 9.72. The molecule has 0 saturated heterocycles. The predicted octanol–water partition coefficient (Wildman–Crippen LogP) is 3.43. The van der Waals surface area contributed by atoms with E-state index in [-0.39, 0.29) is 5.78 Å². The number of hydrogen-bond donors (Lipinski definition) is 0. The van der Waals surface area contributed by atoms with Gasteiger partial charge < -0.3 is 18.7 Å². The molecule has 0 radical (unpaired) electrons. The molecule has 28 heavy (non-hydrogen) atoms. The van der Waals surface area contributed by atoms with Crippen LogP contribution in [0.25, 0.3) is 0 Å². The number of benzene rings is 2. The molecule has 0 fully saturated rings. The minimum atomic E-state index is 0.0245. The molecule has 2 rings (SSSR count). The van der Waals surface area contributed by atoms with E-state index in [0.29, 0.717) is 17.7 Å². The van der Waals surface area contributed by atoms with Crippen molar-refractivity contribution >= 4 is 5.78 Å². The van der Waals surface area contributed by atoms with Crippen LogP contribution in [0, 0.1) is 0 Å². The van der Waals surface area contributed by atoms with Crippen molar-refractivity contribution in [1.29, 1.82) is 0 Å². The first kappa shape index (κ1) is 22.1. The third-order valence-corrected chi connectivity index (χ3v) is 4.93. The van der Waals surface area contributed by atoms with Crippen molar-refractivity contribution in [2.24, 2.45) is 0 Å². The highest BCUT2D eigenvalue weighted by atomic mass is 16.5. The van der Waals surface area contributed by atoms with Crippen molar-refractivity contribution in [2.45, 2.75) is 6.42 Å². The molecule has 0 aliphatic rings. The van der Waals surface area contributed by atoms with Gasteiger partial charge in [-0.15, -0.1) is 0 Å². The molecule has 0 heterocycles. The van der Waals surface area contributed by atoms with Gasteiger partial charge in [-0.25, -0.2) is 0 Å². The molecule has 0 bridgehead atoms. The van der Waals surface area contributed by atoms with Crippen molar-refractivity contribution in [2.75, 3.05) is 60.7 Å². The Morgan fingerprint density at radius 3 is 1.93 bits per heavy atom. The molecular formula is C23H32NO4+. The topological polar surface area (TPSA) is 44.8 Å². The zero-order chi connectivity index (χ0) is 20.2. The highest BCUT2D eigenvalue weighted by Crippen LogP contribution is 2.16. The summed E-state index contributed by atoms with van der Waals surface area (Å²) < 4.78 is 17.2. The van der Waals surface area contributed by atoms with E-state index in [1.165, 1.54) is 0 Å². The number of hydrogen-bond acceptors (Lipinski definition) is 4. The summed E-state index contributed by atoms with van der Waals surface area (Å²) in [4.78, 5) is 12.4. The van der Waals surface area contributed by atoms with Gasteiger partial charge in [-0.05, 0) is 24.3 Å². The van der Waals surface area contributed by atoms with E-state index in [4.69, 9.17) is 14.2 Å². The number of rotatable bonds is 13. The van der Waals surface area contributed by atoms with E-state index in [2.05, 4.69) is 7.05 Å². The van der Waals surface area contributed by atoms with Gasteiger partial charge in [-0.3, -0.25) is 4.79 Å². The molecular weight excluding hydrogens is 354 g/mol. The van der Waals surface area contributed by atoms with E-state index in [1.807, 2.05) is 54.6 Å². The quantitative estimate of drug-likeness (QED) is 0.301. The Labute approximate surface area is 168 Å². The van der Waals surface area contributed by atoms with Crippen molar-refractivity contribution < 1.29 is 23.5 Å². The second-order valence-corrected chi connectivity index (χ2v) is 7.20. The molecule has 2 aromatic rings. The van der Waals surface area contributed by atoms with Crippen LogP contribution < -0.4 is 4.74 Å². The first-order valence-electron chi connectivity index (χ1n) is 9.72. The lowest BCUT2D eigenvalue weighted by Gasteiger charge is -2.34. The van der Waals surface area contributed by atoms with E-state index >= 15 is 0 Å². The number of carbonyl (C=O) groups is 1. The minimum absolute atomic E-state index is 0.0245. The number of nitrogens with zero attached hydrogens (tertiary/aromatic N) is 1. The van der Waals surface area contributed by atoms with E-state index in [0.717, 1.165) is 49.5 Å². The SMILES string of the molecule is COCC[N+](C)(CCCOc1ccc(C(=O)c2ccccc2)cc1)CCOC. The summed E-state index contributed by atoms with van der Waals surface area (Å²) >= 11 is 0. The van der Waals surface area contributed by atoms with Crippen LogP contribution in [0.2, 0.25) is 0 Å². The van der Waals surface area contributed by atoms with Gasteiger partial charge in [0.2, 0.25) is 0 Å². The maximum atomic E-state index is 12.4. The van der Waals surface area contributed by atoms with E-state index in [1.54, 1.807) is 14.2 Å². The molecule has 0 atom stereocenters. The average molecular weight is 387 g/mol. The molecule has 0 saturated carbocycles. The second kappa shape index (κ2) is 11.6. The normalized spacial score (nSPS) is 11.4. The minimum Gasteiger partial charge on any atom is -0.493 e. The molecule has 0 amide bonds. The lowest BCUT2D eigenvalue weighted by atomic mass is 10.0. The van der Waals surface area contributed by atoms with Gasteiger partial charge in [-0.2, -0.15) is 0 Å². The summed E-state index contributed by atoms with van der Waals surface area (Å²) in [5, 5.41) is 0. The fourth-order valence-electron chi connectivity index (χ4n) is 3.05. The second-order valence-electron chi connectivity index (χ2n) is 7.20. The number of likely N-dealkylation sites (N-methyl/N-ethyl adjacent to an activating group) is 1. The van der Waals surface area contributed by atoms with Crippen LogP contribution in [-0.2, 0) is 9.47 Å².